The van der Waals surface area contributed by atoms with Gasteiger partial charge >= 0.3 is 5.69 Å². The molecule has 0 unspecified atom stereocenters. The van der Waals surface area contributed by atoms with E-state index in [-0.39, 0.29) is 29.0 Å². The van der Waals surface area contributed by atoms with Gasteiger partial charge in [-0.2, -0.15) is 4.98 Å². The molecule has 0 bridgehead atoms. The summed E-state index contributed by atoms with van der Waals surface area (Å²) in [6.07, 6.45) is 1.10. The number of halogens is 1. The minimum atomic E-state index is -3.33. The molecule has 1 rings (SSSR count). The molecule has 1 heterocycles. The zero-order valence-corrected chi connectivity index (χ0v) is 13.0. The van der Waals surface area contributed by atoms with Crippen LogP contribution in [0.15, 0.2) is 0 Å². The van der Waals surface area contributed by atoms with E-state index in [4.69, 9.17) is 11.6 Å². The van der Waals surface area contributed by atoms with Gasteiger partial charge in [0.25, 0.3) is 0 Å². The van der Waals surface area contributed by atoms with E-state index in [1.807, 2.05) is 0 Å². The third kappa shape index (κ3) is 3.54. The Labute approximate surface area is 121 Å². The Morgan fingerprint density at radius 3 is 2.40 bits per heavy atom. The summed E-state index contributed by atoms with van der Waals surface area (Å²) >= 11 is 5.66. The first-order valence-corrected chi connectivity index (χ1v) is 7.84. The summed E-state index contributed by atoms with van der Waals surface area (Å²) in [6.45, 7) is 4.41. The molecule has 0 spiro atoms. The van der Waals surface area contributed by atoms with Gasteiger partial charge in [-0.1, -0.05) is 0 Å². The van der Waals surface area contributed by atoms with Crippen molar-refractivity contribution >= 4 is 32.9 Å². The third-order valence-corrected chi connectivity index (χ3v) is 5.22. The topological polar surface area (TPSA) is 115 Å². The van der Waals surface area contributed by atoms with Crippen molar-refractivity contribution in [3.8, 4) is 0 Å². The van der Waals surface area contributed by atoms with Crippen molar-refractivity contribution in [2.75, 3.05) is 18.1 Å². The summed E-state index contributed by atoms with van der Waals surface area (Å²) in [5.41, 5.74) is -0.214. The summed E-state index contributed by atoms with van der Waals surface area (Å²) in [5.74, 6) is -0.0933. The maximum Gasteiger partial charge on any atom is 0.332 e. The van der Waals surface area contributed by atoms with Gasteiger partial charge < -0.3 is 5.32 Å². The van der Waals surface area contributed by atoms with E-state index in [0.717, 1.165) is 6.26 Å². The van der Waals surface area contributed by atoms with Crippen LogP contribution in [0.1, 0.15) is 19.5 Å². The van der Waals surface area contributed by atoms with Crippen LogP contribution < -0.4 is 5.32 Å². The number of hydrogen-bond donors (Lipinski definition) is 1. The number of sulfone groups is 1. The van der Waals surface area contributed by atoms with E-state index in [1.54, 1.807) is 0 Å². The van der Waals surface area contributed by atoms with Crippen molar-refractivity contribution in [3.05, 3.63) is 21.1 Å². The fourth-order valence-electron chi connectivity index (χ4n) is 1.30. The standard InChI is InChI=1S/C10H15ClN4O4S/c1-6-7(15(16)17)8(14-9(11)13-6)12-5-10(2,3)20(4,18)19/h5H2,1-4H3,(H,12,13,14). The predicted octanol–water partition coefficient (Wildman–Crippen LogP) is 1.58. The molecule has 0 aliphatic heterocycles. The maximum absolute atomic E-state index is 11.6. The second-order valence-electron chi connectivity index (χ2n) is 4.92. The first kappa shape index (κ1) is 16.6. The van der Waals surface area contributed by atoms with Crippen LogP contribution in [-0.4, -0.2) is 40.9 Å². The molecular weight excluding hydrogens is 308 g/mol. The van der Waals surface area contributed by atoms with Crippen LogP contribution >= 0.6 is 11.6 Å². The Bertz CT molecular complexity index is 645. The van der Waals surface area contributed by atoms with Gasteiger partial charge in [-0.05, 0) is 32.4 Å². The molecule has 20 heavy (non-hydrogen) atoms. The lowest BCUT2D eigenvalue weighted by atomic mass is 10.2. The minimum absolute atomic E-state index is 0.0422. The van der Waals surface area contributed by atoms with Gasteiger partial charge in [0.05, 0.1) is 9.67 Å². The quantitative estimate of drug-likeness (QED) is 0.497. The van der Waals surface area contributed by atoms with Gasteiger partial charge in [-0.3, -0.25) is 10.1 Å². The number of nitro groups is 1. The molecule has 0 atom stereocenters. The largest absolute Gasteiger partial charge is 0.363 e. The summed E-state index contributed by atoms with van der Waals surface area (Å²) in [7, 11) is -3.33. The van der Waals surface area contributed by atoms with Crippen LogP contribution in [0.25, 0.3) is 0 Å². The highest BCUT2D eigenvalue weighted by molar-refractivity contribution is 7.92. The Morgan fingerprint density at radius 1 is 1.40 bits per heavy atom. The average Bonchev–Trinajstić information content (AvgIpc) is 2.23. The highest BCUT2D eigenvalue weighted by Crippen LogP contribution is 2.27. The SMILES string of the molecule is Cc1nc(Cl)nc(NCC(C)(C)S(C)(=O)=O)c1[N+](=O)[O-]. The maximum atomic E-state index is 11.6. The molecule has 0 aliphatic rings. The Morgan fingerprint density at radius 2 is 1.95 bits per heavy atom. The van der Waals surface area contributed by atoms with Gasteiger partial charge in [-0.15, -0.1) is 0 Å². The summed E-state index contributed by atoms with van der Waals surface area (Å²) in [4.78, 5) is 17.8. The molecule has 0 fully saturated rings. The molecule has 0 saturated heterocycles. The second kappa shape index (κ2) is 5.49. The van der Waals surface area contributed by atoms with Crippen LogP contribution in [0.5, 0.6) is 0 Å². The number of anilines is 1. The lowest BCUT2D eigenvalue weighted by Crippen LogP contribution is -2.38. The van der Waals surface area contributed by atoms with Gasteiger partial charge in [0.2, 0.25) is 11.1 Å². The molecule has 1 aromatic heterocycles. The van der Waals surface area contributed by atoms with Gasteiger partial charge in [-0.25, -0.2) is 13.4 Å². The van der Waals surface area contributed by atoms with Crippen molar-refractivity contribution in [3.63, 3.8) is 0 Å². The molecule has 1 aromatic rings. The Hall–Kier alpha value is -1.48. The van der Waals surface area contributed by atoms with Crippen molar-refractivity contribution in [1.29, 1.82) is 0 Å². The van der Waals surface area contributed by atoms with Crippen LogP contribution in [0.4, 0.5) is 11.5 Å². The number of aromatic nitrogens is 2. The molecule has 10 heteroatoms. The number of nitrogens with one attached hydrogen (secondary N) is 1. The van der Waals surface area contributed by atoms with Gasteiger partial charge in [0, 0.05) is 12.8 Å². The van der Waals surface area contributed by atoms with Gasteiger partial charge in [0.15, 0.2) is 9.84 Å². The first-order chi connectivity index (χ1) is 8.95. The number of rotatable bonds is 5. The summed E-state index contributed by atoms with van der Waals surface area (Å²) in [5, 5.41) is 13.5. The second-order valence-corrected chi connectivity index (χ2v) is 7.91. The van der Waals surface area contributed by atoms with Crippen molar-refractivity contribution in [2.24, 2.45) is 0 Å². The summed E-state index contributed by atoms with van der Waals surface area (Å²) in [6, 6.07) is 0. The highest BCUT2D eigenvalue weighted by Gasteiger charge is 2.31. The van der Waals surface area contributed by atoms with Crippen molar-refractivity contribution in [1.82, 2.24) is 9.97 Å². The molecule has 112 valence electrons. The van der Waals surface area contributed by atoms with E-state index in [2.05, 4.69) is 15.3 Å². The predicted molar refractivity (Wildman–Crippen MR) is 75.8 cm³/mol. The smallest absolute Gasteiger partial charge is 0.332 e. The summed E-state index contributed by atoms with van der Waals surface area (Å²) < 4.78 is 22.1. The van der Waals surface area contributed by atoms with Gasteiger partial charge in [0.1, 0.15) is 5.69 Å². The molecule has 8 nitrogen and oxygen atoms in total. The zero-order chi connectivity index (χ0) is 15.7. The number of nitrogens with zero attached hydrogens (tertiary/aromatic N) is 3. The fourth-order valence-corrected chi connectivity index (χ4v) is 1.85. The van der Waals surface area contributed by atoms with Crippen molar-refractivity contribution < 1.29 is 13.3 Å². The molecule has 0 amide bonds. The van der Waals surface area contributed by atoms with Crippen LogP contribution in [-0.2, 0) is 9.84 Å². The van der Waals surface area contributed by atoms with E-state index in [1.165, 1.54) is 20.8 Å². The van der Waals surface area contributed by atoms with Crippen LogP contribution in [0, 0.1) is 17.0 Å². The van der Waals surface area contributed by atoms with E-state index in [9.17, 15) is 18.5 Å². The normalized spacial score (nSPS) is 12.2. The van der Waals surface area contributed by atoms with E-state index < -0.39 is 19.5 Å². The third-order valence-electron chi connectivity index (χ3n) is 2.90. The highest BCUT2D eigenvalue weighted by atomic mass is 35.5. The lowest BCUT2D eigenvalue weighted by Gasteiger charge is -2.23. The number of hydrogen-bond acceptors (Lipinski definition) is 7. The van der Waals surface area contributed by atoms with E-state index in [0.29, 0.717) is 0 Å². The van der Waals surface area contributed by atoms with Crippen LogP contribution in [0.2, 0.25) is 5.28 Å². The minimum Gasteiger partial charge on any atom is -0.363 e. The average molecular weight is 323 g/mol. The monoisotopic (exact) mass is 322 g/mol. The number of aryl methyl sites for hydroxylation is 1. The molecule has 0 radical (unpaired) electrons. The Balaban J connectivity index is 3.14. The zero-order valence-electron chi connectivity index (χ0n) is 11.5. The fraction of sp³-hybridized carbons (Fsp3) is 0.600. The lowest BCUT2D eigenvalue weighted by molar-refractivity contribution is -0.385. The van der Waals surface area contributed by atoms with Crippen molar-refractivity contribution in [2.45, 2.75) is 25.5 Å². The molecule has 0 aromatic carbocycles. The first-order valence-electron chi connectivity index (χ1n) is 5.57. The Kier molecular flexibility index (Phi) is 4.55. The molecule has 0 aliphatic carbocycles. The molecule has 1 N–H and O–H groups in total. The molecular formula is C10H15ClN4O4S. The van der Waals surface area contributed by atoms with E-state index >= 15 is 0 Å². The molecule has 0 saturated carbocycles. The van der Waals surface area contributed by atoms with Crippen LogP contribution in [0.3, 0.4) is 0 Å².